The van der Waals surface area contributed by atoms with Crippen LogP contribution in [-0.4, -0.2) is 33.6 Å². The third-order valence-electron chi connectivity index (χ3n) is 4.74. The molecule has 3 nitrogen and oxygen atoms in total. The SMILES string of the molecule is CC(C)C1C(CI)CN(C(=O)OC(C)(C)C)C(C)CC1(C)C. The fraction of sp³-hybridized carbons (Fsp3) is 0.944. The van der Waals surface area contributed by atoms with E-state index in [4.69, 9.17) is 4.74 Å². The number of ether oxygens (including phenoxy) is 1. The molecule has 0 aromatic rings. The Morgan fingerprint density at radius 3 is 2.32 bits per heavy atom. The monoisotopic (exact) mass is 423 g/mol. The molecular formula is C18H34INO2. The second-order valence-corrected chi connectivity index (χ2v) is 9.74. The van der Waals surface area contributed by atoms with Gasteiger partial charge < -0.3 is 9.64 Å². The molecule has 3 unspecified atom stereocenters. The van der Waals surface area contributed by atoms with Gasteiger partial charge in [0.05, 0.1) is 0 Å². The zero-order valence-corrected chi connectivity index (χ0v) is 17.7. The maximum Gasteiger partial charge on any atom is 0.410 e. The second-order valence-electron chi connectivity index (χ2n) is 8.86. The third-order valence-corrected chi connectivity index (χ3v) is 5.87. The first-order valence-corrected chi connectivity index (χ1v) is 9.97. The number of amides is 1. The zero-order chi connectivity index (χ0) is 17.3. The number of hydrogen-bond donors (Lipinski definition) is 0. The molecule has 22 heavy (non-hydrogen) atoms. The van der Waals surface area contributed by atoms with Gasteiger partial charge in [0.15, 0.2) is 0 Å². The van der Waals surface area contributed by atoms with E-state index in [1.165, 1.54) is 0 Å². The van der Waals surface area contributed by atoms with Gasteiger partial charge in [0.2, 0.25) is 0 Å². The standard InChI is InChI=1S/C18H34INO2/c1-12(2)15-14(10-19)11-20(13(3)9-18(15,7)8)16(21)22-17(4,5)6/h12-15H,9-11H2,1-8H3. The van der Waals surface area contributed by atoms with Gasteiger partial charge in [0, 0.05) is 17.0 Å². The fourth-order valence-electron chi connectivity index (χ4n) is 4.36. The fourth-order valence-corrected chi connectivity index (χ4v) is 5.18. The molecule has 1 amide bonds. The van der Waals surface area contributed by atoms with Crippen LogP contribution in [0.1, 0.15) is 61.8 Å². The number of nitrogens with zero attached hydrogens (tertiary/aromatic N) is 1. The second kappa shape index (κ2) is 7.27. The van der Waals surface area contributed by atoms with Crippen molar-refractivity contribution in [3.05, 3.63) is 0 Å². The quantitative estimate of drug-likeness (QED) is 0.442. The van der Waals surface area contributed by atoms with Gasteiger partial charge in [0.25, 0.3) is 0 Å². The van der Waals surface area contributed by atoms with Crippen LogP contribution < -0.4 is 0 Å². The molecule has 1 heterocycles. The van der Waals surface area contributed by atoms with Crippen LogP contribution in [0.15, 0.2) is 0 Å². The Morgan fingerprint density at radius 2 is 1.91 bits per heavy atom. The van der Waals surface area contributed by atoms with Gasteiger partial charge >= 0.3 is 6.09 Å². The molecule has 0 radical (unpaired) electrons. The molecule has 1 rings (SSSR count). The number of likely N-dealkylation sites (tertiary alicyclic amines) is 1. The van der Waals surface area contributed by atoms with E-state index in [9.17, 15) is 4.79 Å². The maximum atomic E-state index is 12.6. The van der Waals surface area contributed by atoms with Crippen LogP contribution in [0.5, 0.6) is 0 Å². The normalized spacial score (nSPS) is 29.4. The highest BCUT2D eigenvalue weighted by molar-refractivity contribution is 14.1. The minimum atomic E-state index is -0.435. The molecule has 130 valence electrons. The van der Waals surface area contributed by atoms with E-state index in [1.54, 1.807) is 0 Å². The van der Waals surface area contributed by atoms with E-state index in [-0.39, 0.29) is 17.6 Å². The van der Waals surface area contributed by atoms with Gasteiger partial charge in [-0.05, 0) is 57.3 Å². The van der Waals surface area contributed by atoms with Crippen molar-refractivity contribution in [2.24, 2.45) is 23.2 Å². The molecular weight excluding hydrogens is 389 g/mol. The van der Waals surface area contributed by atoms with Crippen molar-refractivity contribution in [3.8, 4) is 0 Å². The van der Waals surface area contributed by atoms with Gasteiger partial charge in [-0.25, -0.2) is 4.79 Å². The van der Waals surface area contributed by atoms with Crippen molar-refractivity contribution < 1.29 is 9.53 Å². The Kier molecular flexibility index (Phi) is 6.62. The molecule has 0 aliphatic carbocycles. The van der Waals surface area contributed by atoms with Gasteiger partial charge in [-0.2, -0.15) is 0 Å². The summed E-state index contributed by atoms with van der Waals surface area (Å²) in [4.78, 5) is 14.6. The van der Waals surface area contributed by atoms with Gasteiger partial charge in [-0.1, -0.05) is 50.3 Å². The summed E-state index contributed by atoms with van der Waals surface area (Å²) < 4.78 is 6.72. The average Bonchev–Trinajstić information content (AvgIpc) is 2.39. The van der Waals surface area contributed by atoms with Crippen molar-refractivity contribution in [2.75, 3.05) is 11.0 Å². The molecule has 0 bridgehead atoms. The van der Waals surface area contributed by atoms with Crippen molar-refractivity contribution in [2.45, 2.75) is 73.5 Å². The number of hydrogen-bond acceptors (Lipinski definition) is 2. The number of carbonyl (C=O) groups excluding carboxylic acids is 1. The van der Waals surface area contributed by atoms with E-state index in [0.717, 1.165) is 17.4 Å². The minimum Gasteiger partial charge on any atom is -0.444 e. The Balaban J connectivity index is 3.07. The molecule has 0 aromatic carbocycles. The van der Waals surface area contributed by atoms with Crippen LogP contribution in [0.2, 0.25) is 0 Å². The first-order chi connectivity index (χ1) is 9.89. The molecule has 0 aromatic heterocycles. The van der Waals surface area contributed by atoms with E-state index in [2.05, 4.69) is 57.2 Å². The molecule has 4 heteroatoms. The van der Waals surface area contributed by atoms with Crippen molar-refractivity contribution in [1.29, 1.82) is 0 Å². The minimum absolute atomic E-state index is 0.157. The number of carbonyl (C=O) groups is 1. The molecule has 1 aliphatic rings. The summed E-state index contributed by atoms with van der Waals surface area (Å²) in [6.07, 6.45) is 0.873. The molecule has 3 atom stereocenters. The first kappa shape index (κ1) is 20.0. The Morgan fingerprint density at radius 1 is 1.36 bits per heavy atom. The lowest BCUT2D eigenvalue weighted by Gasteiger charge is -2.40. The highest BCUT2D eigenvalue weighted by Crippen LogP contribution is 2.45. The van der Waals surface area contributed by atoms with Gasteiger partial charge in [-0.3, -0.25) is 0 Å². The summed E-state index contributed by atoms with van der Waals surface area (Å²) in [5, 5.41) is 0. The third kappa shape index (κ3) is 5.00. The van der Waals surface area contributed by atoms with Crippen LogP contribution >= 0.6 is 22.6 Å². The van der Waals surface area contributed by atoms with Gasteiger partial charge in [-0.15, -0.1) is 0 Å². The average molecular weight is 423 g/mol. The molecule has 0 saturated carbocycles. The summed E-state index contributed by atoms with van der Waals surface area (Å²) in [7, 11) is 0. The lowest BCUT2D eigenvalue weighted by Crippen LogP contribution is -2.44. The van der Waals surface area contributed by atoms with E-state index in [1.807, 2.05) is 25.7 Å². The van der Waals surface area contributed by atoms with Crippen LogP contribution in [0.25, 0.3) is 0 Å². The summed E-state index contributed by atoms with van der Waals surface area (Å²) in [6, 6.07) is 0.221. The first-order valence-electron chi connectivity index (χ1n) is 8.44. The topological polar surface area (TPSA) is 29.5 Å². The number of alkyl halides is 1. The van der Waals surface area contributed by atoms with Crippen LogP contribution in [0.4, 0.5) is 4.79 Å². The zero-order valence-electron chi connectivity index (χ0n) is 15.6. The highest BCUT2D eigenvalue weighted by atomic mass is 127. The molecule has 0 spiro atoms. The largest absolute Gasteiger partial charge is 0.444 e. The summed E-state index contributed by atoms with van der Waals surface area (Å²) in [5.74, 6) is 1.77. The molecule has 1 aliphatic heterocycles. The summed E-state index contributed by atoms with van der Waals surface area (Å²) >= 11 is 2.48. The molecule has 1 saturated heterocycles. The van der Waals surface area contributed by atoms with E-state index in [0.29, 0.717) is 17.8 Å². The van der Waals surface area contributed by atoms with Crippen LogP contribution in [0, 0.1) is 23.2 Å². The Hall–Kier alpha value is 0. The lowest BCUT2D eigenvalue weighted by molar-refractivity contribution is 0.0154. The number of halogens is 1. The van der Waals surface area contributed by atoms with Crippen LogP contribution in [0.3, 0.4) is 0 Å². The maximum absolute atomic E-state index is 12.6. The van der Waals surface area contributed by atoms with Crippen molar-refractivity contribution in [3.63, 3.8) is 0 Å². The Labute approximate surface area is 150 Å². The van der Waals surface area contributed by atoms with Crippen LogP contribution in [-0.2, 0) is 4.74 Å². The van der Waals surface area contributed by atoms with Crippen molar-refractivity contribution in [1.82, 2.24) is 4.90 Å². The van der Waals surface area contributed by atoms with Crippen molar-refractivity contribution >= 4 is 28.7 Å². The predicted molar refractivity (Wildman–Crippen MR) is 102 cm³/mol. The smallest absolute Gasteiger partial charge is 0.410 e. The van der Waals surface area contributed by atoms with E-state index >= 15 is 0 Å². The van der Waals surface area contributed by atoms with Gasteiger partial charge in [0.1, 0.15) is 5.60 Å². The highest BCUT2D eigenvalue weighted by Gasteiger charge is 2.44. The summed E-state index contributed by atoms with van der Waals surface area (Å²) in [5.41, 5.74) is -0.198. The number of rotatable bonds is 2. The molecule has 1 fully saturated rings. The van der Waals surface area contributed by atoms with E-state index < -0.39 is 5.60 Å². The predicted octanol–water partition coefficient (Wildman–Crippen LogP) is 5.37. The molecule has 0 N–H and O–H groups in total. The summed E-state index contributed by atoms with van der Waals surface area (Å²) in [6.45, 7) is 18.2. The Bertz CT molecular complexity index is 387. The lowest BCUT2D eigenvalue weighted by atomic mass is 9.65.